The molecule has 0 rings (SSSR count). The van der Waals surface area contributed by atoms with Gasteiger partial charge in [-0.1, -0.05) is 52.9 Å². The Morgan fingerprint density at radius 3 is 2.39 bits per heavy atom. The van der Waals surface area contributed by atoms with E-state index in [0.29, 0.717) is 11.5 Å². The predicted octanol–water partition coefficient (Wildman–Crippen LogP) is 4.52. The Labute approximate surface area is 115 Å². The fourth-order valence-electron chi connectivity index (χ4n) is 2.03. The first kappa shape index (κ1) is 17.9. The van der Waals surface area contributed by atoms with Crippen LogP contribution in [0.25, 0.3) is 0 Å². The SMILES string of the molecule is CCCCCCC(C)OCCCCC(C)(C)CN. The molecule has 0 aliphatic carbocycles. The molecule has 0 spiro atoms. The molecule has 1 unspecified atom stereocenters. The summed E-state index contributed by atoms with van der Waals surface area (Å²) in [6.45, 7) is 10.6. The molecule has 2 heteroatoms. The van der Waals surface area contributed by atoms with Crippen LogP contribution in [0.4, 0.5) is 0 Å². The van der Waals surface area contributed by atoms with Crippen molar-refractivity contribution in [2.45, 2.75) is 85.2 Å². The average molecular weight is 257 g/mol. The van der Waals surface area contributed by atoms with Gasteiger partial charge in [0.05, 0.1) is 6.10 Å². The second kappa shape index (κ2) is 10.8. The Hall–Kier alpha value is -0.0800. The van der Waals surface area contributed by atoms with Crippen LogP contribution in [0.5, 0.6) is 0 Å². The molecule has 0 bridgehead atoms. The fourth-order valence-corrected chi connectivity index (χ4v) is 2.03. The van der Waals surface area contributed by atoms with Crippen LogP contribution in [-0.4, -0.2) is 19.3 Å². The molecule has 0 aromatic carbocycles. The van der Waals surface area contributed by atoms with Gasteiger partial charge in [0.1, 0.15) is 0 Å². The van der Waals surface area contributed by atoms with E-state index >= 15 is 0 Å². The summed E-state index contributed by atoms with van der Waals surface area (Å²) in [7, 11) is 0. The second-order valence-electron chi connectivity index (χ2n) is 6.36. The molecule has 0 fully saturated rings. The third-order valence-electron chi connectivity index (χ3n) is 3.67. The number of ether oxygens (including phenoxy) is 1. The summed E-state index contributed by atoms with van der Waals surface area (Å²) in [6, 6.07) is 0. The van der Waals surface area contributed by atoms with Crippen molar-refractivity contribution in [2.75, 3.05) is 13.2 Å². The van der Waals surface area contributed by atoms with Crippen LogP contribution < -0.4 is 5.73 Å². The fraction of sp³-hybridized carbons (Fsp3) is 1.00. The zero-order chi connectivity index (χ0) is 13.9. The van der Waals surface area contributed by atoms with E-state index in [9.17, 15) is 0 Å². The van der Waals surface area contributed by atoms with E-state index in [1.54, 1.807) is 0 Å². The molecular weight excluding hydrogens is 222 g/mol. The molecule has 0 aromatic rings. The predicted molar refractivity (Wildman–Crippen MR) is 80.9 cm³/mol. The minimum absolute atomic E-state index is 0.297. The van der Waals surface area contributed by atoms with E-state index in [4.69, 9.17) is 10.5 Å². The molecule has 1 atom stereocenters. The van der Waals surface area contributed by atoms with Crippen molar-refractivity contribution in [3.63, 3.8) is 0 Å². The molecule has 0 aliphatic heterocycles. The largest absolute Gasteiger partial charge is 0.379 e. The Morgan fingerprint density at radius 1 is 1.06 bits per heavy atom. The summed E-state index contributed by atoms with van der Waals surface area (Å²) in [5.74, 6) is 0. The van der Waals surface area contributed by atoms with Crippen molar-refractivity contribution in [1.29, 1.82) is 0 Å². The number of nitrogens with two attached hydrogens (primary N) is 1. The Balaban J connectivity index is 3.32. The third-order valence-corrected chi connectivity index (χ3v) is 3.67. The van der Waals surface area contributed by atoms with Crippen LogP contribution >= 0.6 is 0 Å². The molecule has 0 amide bonds. The zero-order valence-corrected chi connectivity index (χ0v) is 13.1. The maximum atomic E-state index is 5.84. The molecule has 0 saturated heterocycles. The first-order valence-corrected chi connectivity index (χ1v) is 7.83. The van der Waals surface area contributed by atoms with E-state index in [0.717, 1.165) is 13.2 Å². The first-order chi connectivity index (χ1) is 8.52. The third kappa shape index (κ3) is 11.0. The van der Waals surface area contributed by atoms with Crippen LogP contribution in [-0.2, 0) is 4.74 Å². The Bertz CT molecular complexity index is 180. The van der Waals surface area contributed by atoms with Crippen LogP contribution in [0.1, 0.15) is 79.1 Å². The van der Waals surface area contributed by atoms with Crippen LogP contribution in [0, 0.1) is 5.41 Å². The number of unbranched alkanes of at least 4 members (excludes halogenated alkanes) is 4. The minimum Gasteiger partial charge on any atom is -0.379 e. The van der Waals surface area contributed by atoms with Gasteiger partial charge in [-0.2, -0.15) is 0 Å². The lowest BCUT2D eigenvalue weighted by atomic mass is 9.87. The zero-order valence-electron chi connectivity index (χ0n) is 13.1. The standard InChI is InChI=1S/C16H35NO/c1-5-6-7-8-11-15(2)18-13-10-9-12-16(3,4)14-17/h15H,5-14,17H2,1-4H3. The second-order valence-corrected chi connectivity index (χ2v) is 6.36. The summed E-state index contributed by atoms with van der Waals surface area (Å²) in [4.78, 5) is 0. The maximum Gasteiger partial charge on any atom is 0.0547 e. The van der Waals surface area contributed by atoms with E-state index in [1.165, 1.54) is 51.4 Å². The number of hydrogen-bond donors (Lipinski definition) is 1. The summed E-state index contributed by atoms with van der Waals surface area (Å²) in [6.07, 6.45) is 10.6. The van der Waals surface area contributed by atoms with Gasteiger partial charge in [-0.3, -0.25) is 0 Å². The molecule has 110 valence electrons. The Kier molecular flexibility index (Phi) is 10.8. The highest BCUT2D eigenvalue weighted by Crippen LogP contribution is 2.21. The average Bonchev–Trinajstić information content (AvgIpc) is 2.34. The van der Waals surface area contributed by atoms with Gasteiger partial charge in [0.25, 0.3) is 0 Å². The van der Waals surface area contributed by atoms with Crippen molar-refractivity contribution in [3.05, 3.63) is 0 Å². The van der Waals surface area contributed by atoms with Gasteiger partial charge < -0.3 is 10.5 Å². The van der Waals surface area contributed by atoms with Crippen molar-refractivity contribution >= 4 is 0 Å². The van der Waals surface area contributed by atoms with Crippen LogP contribution in [0.2, 0.25) is 0 Å². The lowest BCUT2D eigenvalue weighted by Crippen LogP contribution is -2.23. The topological polar surface area (TPSA) is 35.2 Å². The van der Waals surface area contributed by atoms with Gasteiger partial charge in [0, 0.05) is 6.61 Å². The van der Waals surface area contributed by atoms with Gasteiger partial charge in [-0.05, 0) is 38.1 Å². The highest BCUT2D eigenvalue weighted by Gasteiger charge is 2.14. The van der Waals surface area contributed by atoms with Gasteiger partial charge >= 0.3 is 0 Å². The molecule has 2 N–H and O–H groups in total. The van der Waals surface area contributed by atoms with Crippen molar-refractivity contribution in [2.24, 2.45) is 11.1 Å². The van der Waals surface area contributed by atoms with Crippen molar-refractivity contribution in [1.82, 2.24) is 0 Å². The van der Waals surface area contributed by atoms with Crippen LogP contribution in [0.3, 0.4) is 0 Å². The van der Waals surface area contributed by atoms with E-state index in [2.05, 4.69) is 27.7 Å². The minimum atomic E-state index is 0.297. The molecule has 2 nitrogen and oxygen atoms in total. The summed E-state index contributed by atoms with van der Waals surface area (Å²) in [5.41, 5.74) is 6.01. The summed E-state index contributed by atoms with van der Waals surface area (Å²) >= 11 is 0. The number of hydrogen-bond acceptors (Lipinski definition) is 2. The maximum absolute atomic E-state index is 5.84. The van der Waals surface area contributed by atoms with Gasteiger partial charge in [-0.25, -0.2) is 0 Å². The normalized spacial score (nSPS) is 13.8. The van der Waals surface area contributed by atoms with Crippen molar-refractivity contribution in [3.8, 4) is 0 Å². The van der Waals surface area contributed by atoms with Crippen LogP contribution in [0.15, 0.2) is 0 Å². The molecule has 0 radical (unpaired) electrons. The monoisotopic (exact) mass is 257 g/mol. The van der Waals surface area contributed by atoms with Gasteiger partial charge in [0.15, 0.2) is 0 Å². The molecule has 0 aromatic heterocycles. The lowest BCUT2D eigenvalue weighted by molar-refractivity contribution is 0.0546. The molecule has 18 heavy (non-hydrogen) atoms. The summed E-state index contributed by atoms with van der Waals surface area (Å²) in [5, 5.41) is 0. The number of rotatable bonds is 12. The first-order valence-electron chi connectivity index (χ1n) is 7.83. The van der Waals surface area contributed by atoms with E-state index < -0.39 is 0 Å². The van der Waals surface area contributed by atoms with E-state index in [-0.39, 0.29) is 0 Å². The van der Waals surface area contributed by atoms with Crippen molar-refractivity contribution < 1.29 is 4.74 Å². The molecule has 0 heterocycles. The quantitative estimate of drug-likeness (QED) is 0.522. The Morgan fingerprint density at radius 2 is 1.78 bits per heavy atom. The van der Waals surface area contributed by atoms with Gasteiger partial charge in [0.2, 0.25) is 0 Å². The lowest BCUT2D eigenvalue weighted by Gasteiger charge is -2.22. The highest BCUT2D eigenvalue weighted by atomic mass is 16.5. The molecular formula is C16H35NO. The highest BCUT2D eigenvalue weighted by molar-refractivity contribution is 4.68. The molecule has 0 saturated carbocycles. The van der Waals surface area contributed by atoms with E-state index in [1.807, 2.05) is 0 Å². The molecule has 0 aliphatic rings. The smallest absolute Gasteiger partial charge is 0.0547 e. The summed E-state index contributed by atoms with van der Waals surface area (Å²) < 4.78 is 5.84. The van der Waals surface area contributed by atoms with Gasteiger partial charge in [-0.15, -0.1) is 0 Å².